The van der Waals surface area contributed by atoms with Crippen molar-refractivity contribution in [2.45, 2.75) is 13.8 Å². The quantitative estimate of drug-likeness (QED) is 0.184. The average Bonchev–Trinajstić information content (AvgIpc) is 2.92. The highest BCUT2D eigenvalue weighted by molar-refractivity contribution is 6.22. The highest BCUT2D eigenvalue weighted by atomic mass is 16.5. The van der Waals surface area contributed by atoms with Gasteiger partial charge in [-0.3, -0.25) is 9.59 Å². The molecule has 41 heavy (non-hydrogen) atoms. The third kappa shape index (κ3) is 3.64. The minimum absolute atomic E-state index is 0.0276. The number of ether oxygens (including phenoxy) is 3. The minimum Gasteiger partial charge on any atom is -0.507 e. The van der Waals surface area contributed by atoms with Crippen LogP contribution in [0.4, 0.5) is 0 Å². The fraction of sp³-hybridized carbons (Fsp3) is 0.161. The second-order valence-corrected chi connectivity index (χ2v) is 9.62. The van der Waals surface area contributed by atoms with Gasteiger partial charge in [-0.25, -0.2) is 0 Å². The number of hydrogen-bond acceptors (Lipinski definition) is 10. The van der Waals surface area contributed by atoms with E-state index in [9.17, 15) is 24.9 Å². The summed E-state index contributed by atoms with van der Waals surface area (Å²) in [4.78, 5) is 26.1. The summed E-state index contributed by atoms with van der Waals surface area (Å²) >= 11 is 0. The largest absolute Gasteiger partial charge is 0.507 e. The zero-order chi connectivity index (χ0) is 29.3. The van der Waals surface area contributed by atoms with Gasteiger partial charge in [0.1, 0.15) is 62.4 Å². The maximum atomic E-state index is 13.3. The molecular formula is C31H24O10. The smallest absolute Gasteiger partial charge is 0.196 e. The molecule has 0 amide bonds. The monoisotopic (exact) mass is 556 g/mol. The summed E-state index contributed by atoms with van der Waals surface area (Å²) in [5.41, 5.74) is -0.806. The third-order valence-corrected chi connectivity index (χ3v) is 7.20. The molecule has 0 unspecified atom stereocenters. The lowest BCUT2D eigenvalue weighted by Gasteiger charge is -2.20. The molecule has 6 rings (SSSR count). The topological polar surface area (TPSA) is 149 Å². The molecule has 4 aromatic carbocycles. The molecule has 6 aromatic rings. The molecule has 0 aliphatic rings. The number of aryl methyl sites for hydroxylation is 2. The molecule has 0 atom stereocenters. The Balaban J connectivity index is 1.95. The van der Waals surface area contributed by atoms with Gasteiger partial charge in [-0.1, -0.05) is 0 Å². The van der Waals surface area contributed by atoms with Crippen molar-refractivity contribution in [2.75, 3.05) is 21.3 Å². The summed E-state index contributed by atoms with van der Waals surface area (Å²) in [6, 6.07) is 8.44. The second kappa shape index (κ2) is 9.09. The van der Waals surface area contributed by atoms with Crippen LogP contribution in [0.3, 0.4) is 0 Å². The number of phenols is 3. The minimum atomic E-state index is -0.519. The van der Waals surface area contributed by atoms with Crippen LogP contribution < -0.4 is 25.1 Å². The Kier molecular flexibility index (Phi) is 5.74. The first-order valence-electron chi connectivity index (χ1n) is 12.4. The normalized spacial score (nSPS) is 11.5. The molecule has 3 N–H and O–H groups in total. The molecule has 208 valence electrons. The fourth-order valence-corrected chi connectivity index (χ4v) is 5.52. The van der Waals surface area contributed by atoms with Crippen molar-refractivity contribution in [2.24, 2.45) is 0 Å². The van der Waals surface area contributed by atoms with Crippen LogP contribution in [-0.2, 0) is 0 Å². The summed E-state index contributed by atoms with van der Waals surface area (Å²) in [6.07, 6.45) is 0. The van der Waals surface area contributed by atoms with Gasteiger partial charge in [0.2, 0.25) is 0 Å². The van der Waals surface area contributed by atoms with Crippen LogP contribution in [0.1, 0.15) is 11.5 Å². The third-order valence-electron chi connectivity index (χ3n) is 7.20. The summed E-state index contributed by atoms with van der Waals surface area (Å²) in [7, 11) is 4.25. The number of hydrogen-bond donors (Lipinski definition) is 3. The number of rotatable bonds is 4. The number of fused-ring (bicyclic) bond motifs is 5. The van der Waals surface area contributed by atoms with Gasteiger partial charge in [0.05, 0.1) is 32.1 Å². The van der Waals surface area contributed by atoms with Gasteiger partial charge in [-0.2, -0.15) is 0 Å². The Morgan fingerprint density at radius 2 is 1.22 bits per heavy atom. The van der Waals surface area contributed by atoms with Crippen LogP contribution in [0.2, 0.25) is 0 Å². The SMILES string of the molecule is COc1cc(OC)c2c(c1)c(-c1c(O)cc(OC)c3c(O)c4c(=O)cc(C)oc4cc13)c(O)c1c(=O)cc(C)oc12. The summed E-state index contributed by atoms with van der Waals surface area (Å²) < 4.78 is 28.3. The Hall–Kier alpha value is -5.38. The second-order valence-electron chi connectivity index (χ2n) is 9.62. The predicted octanol–water partition coefficient (Wildman–Crippen LogP) is 5.63. The molecule has 2 heterocycles. The van der Waals surface area contributed by atoms with Crippen molar-refractivity contribution in [3.8, 4) is 45.6 Å². The van der Waals surface area contributed by atoms with E-state index in [2.05, 4.69) is 0 Å². The fourth-order valence-electron chi connectivity index (χ4n) is 5.52. The molecule has 0 bridgehead atoms. The van der Waals surface area contributed by atoms with Gasteiger partial charge in [-0.05, 0) is 26.0 Å². The molecule has 2 aromatic heterocycles. The Labute approximate surface area is 231 Å². The van der Waals surface area contributed by atoms with Crippen molar-refractivity contribution in [1.82, 2.24) is 0 Å². The molecule has 0 saturated carbocycles. The molecule has 10 nitrogen and oxygen atoms in total. The standard InChI is InChI=1S/C31H24O10/c1-12-6-17(32)27-22(40-12)10-16-23(19(34)11-21(39-5)24(16)29(27)35)26-15-8-14(37-3)9-20(38-4)25(15)31-28(30(26)36)18(33)7-13(2)41-31/h6-11,34-36H,1-5H3. The van der Waals surface area contributed by atoms with Crippen LogP contribution in [0.15, 0.2) is 54.8 Å². The lowest BCUT2D eigenvalue weighted by atomic mass is 9.89. The molecule has 0 aliphatic carbocycles. The predicted molar refractivity (Wildman–Crippen MR) is 153 cm³/mol. The van der Waals surface area contributed by atoms with Crippen molar-refractivity contribution in [3.63, 3.8) is 0 Å². The average molecular weight is 557 g/mol. The number of methoxy groups -OCH3 is 3. The maximum Gasteiger partial charge on any atom is 0.196 e. The zero-order valence-corrected chi connectivity index (χ0v) is 22.7. The molecule has 0 saturated heterocycles. The first kappa shape index (κ1) is 25.9. The van der Waals surface area contributed by atoms with E-state index < -0.39 is 22.4 Å². The van der Waals surface area contributed by atoms with Crippen molar-refractivity contribution < 1.29 is 38.4 Å². The Morgan fingerprint density at radius 3 is 1.88 bits per heavy atom. The van der Waals surface area contributed by atoms with E-state index in [-0.39, 0.29) is 61.1 Å². The lowest BCUT2D eigenvalue weighted by molar-refractivity contribution is 0.397. The Bertz CT molecular complexity index is 2210. The number of phenolic OH excluding ortho intramolecular Hbond substituents is 3. The molecule has 0 radical (unpaired) electrons. The van der Waals surface area contributed by atoms with Crippen LogP contribution in [0, 0.1) is 13.8 Å². The van der Waals surface area contributed by atoms with Gasteiger partial charge in [0, 0.05) is 46.2 Å². The van der Waals surface area contributed by atoms with Crippen molar-refractivity contribution in [3.05, 3.63) is 68.4 Å². The summed E-state index contributed by atoms with van der Waals surface area (Å²) in [5.74, 6) is 0.0589. The first-order chi connectivity index (χ1) is 19.6. The van der Waals surface area contributed by atoms with Crippen LogP contribution in [0.5, 0.6) is 34.5 Å². The van der Waals surface area contributed by atoms with E-state index in [1.165, 1.54) is 45.6 Å². The summed E-state index contributed by atoms with van der Waals surface area (Å²) in [5, 5.41) is 35.3. The molecular weight excluding hydrogens is 532 g/mol. The van der Waals surface area contributed by atoms with E-state index in [1.54, 1.807) is 26.0 Å². The molecule has 10 heteroatoms. The zero-order valence-electron chi connectivity index (χ0n) is 22.7. The van der Waals surface area contributed by atoms with Crippen LogP contribution >= 0.6 is 0 Å². The highest BCUT2D eigenvalue weighted by Crippen LogP contribution is 2.53. The van der Waals surface area contributed by atoms with E-state index in [0.717, 1.165) is 0 Å². The Morgan fingerprint density at radius 1 is 0.610 bits per heavy atom. The van der Waals surface area contributed by atoms with E-state index in [0.29, 0.717) is 28.0 Å². The van der Waals surface area contributed by atoms with Gasteiger partial charge < -0.3 is 38.4 Å². The van der Waals surface area contributed by atoms with Crippen molar-refractivity contribution in [1.29, 1.82) is 0 Å². The van der Waals surface area contributed by atoms with E-state index in [1.807, 2.05) is 0 Å². The van der Waals surface area contributed by atoms with Gasteiger partial charge in [0.15, 0.2) is 16.4 Å². The van der Waals surface area contributed by atoms with Gasteiger partial charge in [0.25, 0.3) is 0 Å². The maximum absolute atomic E-state index is 13.3. The van der Waals surface area contributed by atoms with Crippen molar-refractivity contribution >= 4 is 43.5 Å². The lowest BCUT2D eigenvalue weighted by Crippen LogP contribution is -2.04. The van der Waals surface area contributed by atoms with Crippen LogP contribution in [-0.4, -0.2) is 36.6 Å². The molecule has 0 aliphatic heterocycles. The molecule has 0 spiro atoms. The first-order valence-corrected chi connectivity index (χ1v) is 12.4. The highest BCUT2D eigenvalue weighted by Gasteiger charge is 2.28. The van der Waals surface area contributed by atoms with E-state index >= 15 is 0 Å². The number of benzene rings is 4. The number of aromatic hydroxyl groups is 3. The van der Waals surface area contributed by atoms with E-state index in [4.69, 9.17) is 23.0 Å². The summed E-state index contributed by atoms with van der Waals surface area (Å²) in [6.45, 7) is 3.20. The van der Waals surface area contributed by atoms with Gasteiger partial charge >= 0.3 is 0 Å². The molecule has 0 fully saturated rings. The van der Waals surface area contributed by atoms with Gasteiger partial charge in [-0.15, -0.1) is 0 Å². The van der Waals surface area contributed by atoms with Crippen LogP contribution in [0.25, 0.3) is 54.6 Å².